The predicted molar refractivity (Wildman–Crippen MR) is 140 cm³/mol. The first-order chi connectivity index (χ1) is 16.9. The summed E-state index contributed by atoms with van der Waals surface area (Å²) in [4.78, 5) is 4.28. The molecule has 0 saturated carbocycles. The lowest BCUT2D eigenvalue weighted by Crippen LogP contribution is -2.09. The molecular formula is C31H28F3NO. The molecule has 0 spiro atoms. The average molecular weight is 488 g/mol. The van der Waals surface area contributed by atoms with Gasteiger partial charge in [-0.05, 0) is 70.8 Å². The number of alkyl halides is 3. The van der Waals surface area contributed by atoms with Crippen molar-refractivity contribution in [2.75, 3.05) is 0 Å². The van der Waals surface area contributed by atoms with Crippen molar-refractivity contribution in [2.45, 2.75) is 47.2 Å². The van der Waals surface area contributed by atoms with Crippen LogP contribution in [-0.2, 0) is 12.6 Å². The van der Waals surface area contributed by atoms with Crippen LogP contribution in [0.3, 0.4) is 0 Å². The first kappa shape index (κ1) is 24.1. The molecule has 0 aliphatic heterocycles. The van der Waals surface area contributed by atoms with E-state index in [0.29, 0.717) is 22.4 Å². The van der Waals surface area contributed by atoms with Gasteiger partial charge < -0.3 is 4.42 Å². The smallest absolute Gasteiger partial charge is 0.418 e. The Morgan fingerprint density at radius 3 is 2.22 bits per heavy atom. The van der Waals surface area contributed by atoms with E-state index in [9.17, 15) is 13.2 Å². The van der Waals surface area contributed by atoms with E-state index in [4.69, 9.17) is 4.42 Å². The van der Waals surface area contributed by atoms with Gasteiger partial charge in [0.1, 0.15) is 11.3 Å². The van der Waals surface area contributed by atoms with Crippen molar-refractivity contribution in [1.29, 1.82) is 0 Å². The van der Waals surface area contributed by atoms with E-state index in [1.54, 1.807) is 18.2 Å². The van der Waals surface area contributed by atoms with Crippen molar-refractivity contribution in [3.05, 3.63) is 89.3 Å². The summed E-state index contributed by atoms with van der Waals surface area (Å²) < 4.78 is 48.2. The van der Waals surface area contributed by atoms with E-state index in [1.165, 1.54) is 0 Å². The molecule has 0 atom stereocenters. The van der Waals surface area contributed by atoms with Gasteiger partial charge in [0.25, 0.3) is 0 Å². The minimum Gasteiger partial charge on any atom is -0.460 e. The molecule has 184 valence electrons. The van der Waals surface area contributed by atoms with Crippen molar-refractivity contribution < 1.29 is 17.6 Å². The number of aryl methyl sites for hydroxylation is 2. The minimum absolute atomic E-state index is 0.0865. The minimum atomic E-state index is -4.53. The summed E-state index contributed by atoms with van der Waals surface area (Å²) in [7, 11) is 0. The van der Waals surface area contributed by atoms with Gasteiger partial charge in [0.05, 0.1) is 11.3 Å². The predicted octanol–water partition coefficient (Wildman–Crippen LogP) is 9.54. The molecule has 0 bridgehead atoms. The molecule has 5 rings (SSSR count). The van der Waals surface area contributed by atoms with Crippen LogP contribution in [0, 0.1) is 19.3 Å². The van der Waals surface area contributed by atoms with Crippen LogP contribution in [0.15, 0.2) is 71.3 Å². The standard InChI is InChI=1S/C31H28F3NO/c1-18-19(2)36-29-25(14-22-8-6-7-9-23(22)28(18)29)27-15-24(26(17-35-27)31(32,33)34)21-12-10-20(11-13-21)16-30(3,4)5/h6-15,17H,16H2,1-5H3. The Bertz CT molecular complexity index is 1590. The lowest BCUT2D eigenvalue weighted by atomic mass is 9.87. The summed E-state index contributed by atoms with van der Waals surface area (Å²) in [6.45, 7) is 10.3. The van der Waals surface area contributed by atoms with Crippen molar-refractivity contribution >= 4 is 21.7 Å². The first-order valence-corrected chi connectivity index (χ1v) is 12.0. The number of rotatable bonds is 3. The molecule has 0 radical (unpaired) electrons. The fourth-order valence-corrected chi connectivity index (χ4v) is 4.88. The average Bonchev–Trinajstić information content (AvgIpc) is 3.11. The number of pyridine rings is 1. The second-order valence-corrected chi connectivity index (χ2v) is 10.7. The quantitative estimate of drug-likeness (QED) is 0.253. The third kappa shape index (κ3) is 4.39. The van der Waals surface area contributed by atoms with Crippen LogP contribution in [0.1, 0.15) is 43.2 Å². The molecule has 0 amide bonds. The topological polar surface area (TPSA) is 26.0 Å². The molecule has 2 nitrogen and oxygen atoms in total. The maximum Gasteiger partial charge on any atom is 0.418 e. The highest BCUT2D eigenvalue weighted by molar-refractivity contribution is 6.13. The van der Waals surface area contributed by atoms with Crippen molar-refractivity contribution in [3.63, 3.8) is 0 Å². The summed E-state index contributed by atoms with van der Waals surface area (Å²) in [5.74, 6) is 0.782. The van der Waals surface area contributed by atoms with Crippen molar-refractivity contribution in [1.82, 2.24) is 4.98 Å². The molecular weight excluding hydrogens is 459 g/mol. The van der Waals surface area contributed by atoms with Gasteiger partial charge in [-0.1, -0.05) is 69.3 Å². The third-order valence-electron chi connectivity index (χ3n) is 6.64. The molecule has 0 unspecified atom stereocenters. The fraction of sp³-hybridized carbons (Fsp3) is 0.258. The Morgan fingerprint density at radius 1 is 0.861 bits per heavy atom. The third-order valence-corrected chi connectivity index (χ3v) is 6.64. The maximum absolute atomic E-state index is 14.0. The zero-order chi connectivity index (χ0) is 25.8. The van der Waals surface area contributed by atoms with Crippen LogP contribution in [0.2, 0.25) is 0 Å². The van der Waals surface area contributed by atoms with Gasteiger partial charge in [0.2, 0.25) is 0 Å². The maximum atomic E-state index is 14.0. The monoisotopic (exact) mass is 487 g/mol. The normalized spacial score (nSPS) is 12.6. The van der Waals surface area contributed by atoms with Gasteiger partial charge in [-0.2, -0.15) is 13.2 Å². The molecule has 2 heterocycles. The second-order valence-electron chi connectivity index (χ2n) is 10.7. The zero-order valence-corrected chi connectivity index (χ0v) is 21.0. The Morgan fingerprint density at radius 2 is 1.56 bits per heavy atom. The summed E-state index contributed by atoms with van der Waals surface area (Å²) in [6, 6.07) is 18.8. The van der Waals surface area contributed by atoms with E-state index in [-0.39, 0.29) is 11.0 Å². The fourth-order valence-electron chi connectivity index (χ4n) is 4.88. The summed E-state index contributed by atoms with van der Waals surface area (Å²) >= 11 is 0. The molecule has 0 saturated heterocycles. The van der Waals surface area contributed by atoms with Crippen LogP contribution in [0.5, 0.6) is 0 Å². The summed E-state index contributed by atoms with van der Waals surface area (Å²) in [5, 5.41) is 3.00. The highest BCUT2D eigenvalue weighted by Crippen LogP contribution is 2.42. The van der Waals surface area contributed by atoms with Crippen LogP contribution < -0.4 is 0 Å². The second kappa shape index (κ2) is 8.51. The molecule has 0 aliphatic rings. The van der Waals surface area contributed by atoms with E-state index in [0.717, 1.165) is 45.7 Å². The number of hydrogen-bond acceptors (Lipinski definition) is 2. The Balaban J connectivity index is 1.72. The van der Waals surface area contributed by atoms with Gasteiger partial charge in [0.15, 0.2) is 0 Å². The lowest BCUT2D eigenvalue weighted by Gasteiger charge is -2.19. The summed E-state index contributed by atoms with van der Waals surface area (Å²) in [5.41, 5.74) is 3.82. The highest BCUT2D eigenvalue weighted by atomic mass is 19.4. The van der Waals surface area contributed by atoms with Gasteiger partial charge >= 0.3 is 6.18 Å². The molecule has 0 fully saturated rings. The van der Waals surface area contributed by atoms with Gasteiger partial charge in [-0.15, -0.1) is 0 Å². The van der Waals surface area contributed by atoms with Crippen LogP contribution in [-0.4, -0.2) is 4.98 Å². The van der Waals surface area contributed by atoms with Gasteiger partial charge in [-0.3, -0.25) is 4.98 Å². The van der Waals surface area contributed by atoms with Crippen molar-refractivity contribution in [2.24, 2.45) is 5.41 Å². The van der Waals surface area contributed by atoms with Crippen LogP contribution in [0.4, 0.5) is 13.2 Å². The van der Waals surface area contributed by atoms with Gasteiger partial charge in [-0.25, -0.2) is 0 Å². The first-order valence-electron chi connectivity index (χ1n) is 12.0. The summed E-state index contributed by atoms with van der Waals surface area (Å²) in [6.07, 6.45) is -2.74. The van der Waals surface area contributed by atoms with E-state index < -0.39 is 11.7 Å². The number of benzene rings is 3. The van der Waals surface area contributed by atoms with E-state index >= 15 is 0 Å². The Labute approximate surface area is 208 Å². The van der Waals surface area contributed by atoms with E-state index in [1.807, 2.05) is 56.3 Å². The molecule has 3 aromatic carbocycles. The number of nitrogens with zero attached hydrogens (tertiary/aromatic N) is 1. The molecule has 36 heavy (non-hydrogen) atoms. The SMILES string of the molecule is Cc1oc2c(-c3cc(-c4ccc(CC(C)(C)C)cc4)c(C(F)(F)F)cn3)cc3ccccc3c2c1C. The largest absolute Gasteiger partial charge is 0.460 e. The molecule has 2 aromatic heterocycles. The number of aromatic nitrogens is 1. The van der Waals surface area contributed by atoms with Crippen LogP contribution >= 0.6 is 0 Å². The molecule has 5 heteroatoms. The molecule has 5 aromatic rings. The molecule has 0 N–H and O–H groups in total. The van der Waals surface area contributed by atoms with E-state index in [2.05, 4.69) is 25.8 Å². The highest BCUT2D eigenvalue weighted by Gasteiger charge is 2.34. The Kier molecular flexibility index (Phi) is 5.70. The number of hydrogen-bond donors (Lipinski definition) is 0. The Hall–Kier alpha value is -3.60. The zero-order valence-electron chi connectivity index (χ0n) is 21.0. The number of furan rings is 1. The van der Waals surface area contributed by atoms with Crippen molar-refractivity contribution in [3.8, 4) is 22.4 Å². The lowest BCUT2D eigenvalue weighted by molar-refractivity contribution is -0.137. The van der Waals surface area contributed by atoms with Crippen LogP contribution in [0.25, 0.3) is 44.1 Å². The number of fused-ring (bicyclic) bond motifs is 3. The molecule has 0 aliphatic carbocycles. The number of halogens is 3. The van der Waals surface area contributed by atoms with Gasteiger partial charge in [0, 0.05) is 17.1 Å².